The minimum atomic E-state index is -1.17. The monoisotopic (exact) mass is 211 g/mol. The Bertz CT molecular complexity index is 401. The van der Waals surface area contributed by atoms with E-state index < -0.39 is 10.8 Å². The Morgan fingerprint density at radius 2 is 1.87 bits per heavy atom. The molecule has 1 aromatic carbocycles. The number of amides is 1. The first-order chi connectivity index (χ1) is 7.10. The van der Waals surface area contributed by atoms with Crippen molar-refractivity contribution in [2.75, 3.05) is 14.2 Å². The predicted octanol–water partition coefficient (Wildman–Crippen LogP) is 1.12. The van der Waals surface area contributed by atoms with Gasteiger partial charge in [-0.15, -0.1) is 0 Å². The van der Waals surface area contributed by atoms with Crippen LogP contribution < -0.4 is 9.47 Å². The number of ether oxygens (including phenoxy) is 2. The molecule has 0 heterocycles. The molecular formula is C9H9NO5. The molecule has 0 unspecified atom stereocenters. The molecule has 0 saturated heterocycles. The molecule has 0 fully saturated rings. The van der Waals surface area contributed by atoms with Crippen molar-refractivity contribution in [1.82, 2.24) is 0 Å². The SMILES string of the molecule is COc1ccc(C(=O)[N+](=O)[O-])cc1OC. The van der Waals surface area contributed by atoms with Crippen LogP contribution in [0.4, 0.5) is 0 Å². The third-order valence-electron chi connectivity index (χ3n) is 1.80. The number of benzene rings is 1. The van der Waals surface area contributed by atoms with Gasteiger partial charge in [0.2, 0.25) is 0 Å². The lowest BCUT2D eigenvalue weighted by molar-refractivity contribution is -0.375. The molecule has 0 aliphatic rings. The van der Waals surface area contributed by atoms with Crippen molar-refractivity contribution in [3.63, 3.8) is 0 Å². The number of methoxy groups -OCH3 is 2. The molecule has 1 amide bonds. The summed E-state index contributed by atoms with van der Waals surface area (Å²) in [5.41, 5.74) is -0.0438. The second-order valence-corrected chi connectivity index (χ2v) is 2.63. The van der Waals surface area contributed by atoms with E-state index in [2.05, 4.69) is 0 Å². The van der Waals surface area contributed by atoms with Gasteiger partial charge in [0.05, 0.1) is 14.2 Å². The molecular weight excluding hydrogens is 202 g/mol. The molecule has 0 N–H and O–H groups in total. The van der Waals surface area contributed by atoms with Crippen LogP contribution in [-0.4, -0.2) is 25.1 Å². The summed E-state index contributed by atoms with van der Waals surface area (Å²) in [6, 6.07) is 4.02. The quantitative estimate of drug-likeness (QED) is 0.553. The zero-order chi connectivity index (χ0) is 11.4. The molecule has 1 aromatic rings. The smallest absolute Gasteiger partial charge is 0.476 e. The minimum absolute atomic E-state index is 0.0438. The van der Waals surface area contributed by atoms with E-state index in [-0.39, 0.29) is 11.3 Å². The van der Waals surface area contributed by atoms with Crippen LogP contribution in [0.1, 0.15) is 10.4 Å². The molecule has 15 heavy (non-hydrogen) atoms. The van der Waals surface area contributed by atoms with Gasteiger partial charge in [-0.3, -0.25) is 10.1 Å². The highest BCUT2D eigenvalue weighted by Crippen LogP contribution is 2.27. The van der Waals surface area contributed by atoms with Crippen LogP contribution in [0.2, 0.25) is 0 Å². The maximum Gasteiger partial charge on any atom is 0.476 e. The fourth-order valence-corrected chi connectivity index (χ4v) is 1.07. The molecule has 6 nitrogen and oxygen atoms in total. The van der Waals surface area contributed by atoms with Crippen molar-refractivity contribution in [3.8, 4) is 11.5 Å². The summed E-state index contributed by atoms with van der Waals surface area (Å²) >= 11 is 0. The highest BCUT2D eigenvalue weighted by atomic mass is 16.6. The maximum atomic E-state index is 11.0. The van der Waals surface area contributed by atoms with Gasteiger partial charge in [0.15, 0.2) is 11.5 Å². The molecule has 6 heteroatoms. The van der Waals surface area contributed by atoms with Gasteiger partial charge in [0.1, 0.15) is 10.5 Å². The van der Waals surface area contributed by atoms with Gasteiger partial charge in [-0.1, -0.05) is 0 Å². The summed E-state index contributed by atoms with van der Waals surface area (Å²) in [5.74, 6) is -0.474. The first-order valence-electron chi connectivity index (χ1n) is 4.01. The number of rotatable bonds is 3. The lowest BCUT2D eigenvalue weighted by Crippen LogP contribution is -2.11. The van der Waals surface area contributed by atoms with Crippen molar-refractivity contribution in [1.29, 1.82) is 0 Å². The van der Waals surface area contributed by atoms with Gasteiger partial charge < -0.3 is 9.47 Å². The van der Waals surface area contributed by atoms with Crippen LogP contribution in [0.25, 0.3) is 0 Å². The van der Waals surface area contributed by atoms with Crippen molar-refractivity contribution < 1.29 is 19.2 Å². The molecule has 0 atom stereocenters. The van der Waals surface area contributed by atoms with Crippen LogP contribution in [0, 0.1) is 10.1 Å². The molecule has 0 spiro atoms. The third kappa shape index (κ3) is 2.22. The van der Waals surface area contributed by atoms with Gasteiger partial charge in [-0.25, -0.2) is 4.79 Å². The van der Waals surface area contributed by atoms with Crippen LogP contribution in [-0.2, 0) is 0 Å². The summed E-state index contributed by atoms with van der Waals surface area (Å²) in [6.45, 7) is 0. The van der Waals surface area contributed by atoms with Gasteiger partial charge in [-0.05, 0) is 12.1 Å². The Morgan fingerprint density at radius 1 is 1.27 bits per heavy atom. The lowest BCUT2D eigenvalue weighted by atomic mass is 10.2. The van der Waals surface area contributed by atoms with Crippen molar-refractivity contribution >= 4 is 5.91 Å². The van der Waals surface area contributed by atoms with E-state index in [0.29, 0.717) is 5.75 Å². The van der Waals surface area contributed by atoms with E-state index in [1.165, 1.54) is 32.4 Å². The zero-order valence-corrected chi connectivity index (χ0v) is 8.22. The van der Waals surface area contributed by atoms with Crippen LogP contribution in [0.3, 0.4) is 0 Å². The molecule has 0 aliphatic carbocycles. The number of nitrogens with zero attached hydrogens (tertiary/aromatic N) is 1. The van der Waals surface area contributed by atoms with E-state index >= 15 is 0 Å². The van der Waals surface area contributed by atoms with Gasteiger partial charge in [-0.2, -0.15) is 0 Å². The van der Waals surface area contributed by atoms with Crippen LogP contribution in [0.5, 0.6) is 11.5 Å². The largest absolute Gasteiger partial charge is 0.493 e. The topological polar surface area (TPSA) is 78.7 Å². The Balaban J connectivity index is 3.13. The normalized spacial score (nSPS) is 9.47. The summed E-state index contributed by atoms with van der Waals surface area (Å²) in [5, 5.41) is 10.2. The van der Waals surface area contributed by atoms with E-state index in [1.807, 2.05) is 0 Å². The van der Waals surface area contributed by atoms with Crippen LogP contribution in [0.15, 0.2) is 18.2 Å². The van der Waals surface area contributed by atoms with Gasteiger partial charge >= 0.3 is 5.91 Å². The van der Waals surface area contributed by atoms with Gasteiger partial charge in [0, 0.05) is 6.07 Å². The van der Waals surface area contributed by atoms with Crippen LogP contribution >= 0.6 is 0 Å². The molecule has 0 aliphatic heterocycles. The number of carbonyl (C=O) groups excluding carboxylic acids is 1. The molecule has 0 aromatic heterocycles. The first kappa shape index (κ1) is 11.0. The fourth-order valence-electron chi connectivity index (χ4n) is 1.07. The van der Waals surface area contributed by atoms with Crippen molar-refractivity contribution in [2.45, 2.75) is 0 Å². The number of carbonyl (C=O) groups is 1. The highest BCUT2D eigenvalue weighted by Gasteiger charge is 2.20. The van der Waals surface area contributed by atoms with Crippen molar-refractivity contribution in [3.05, 3.63) is 33.9 Å². The summed E-state index contributed by atoms with van der Waals surface area (Å²) in [4.78, 5) is 20.3. The number of nitro groups is 1. The Labute approximate surface area is 85.6 Å². The Kier molecular flexibility index (Phi) is 3.22. The second-order valence-electron chi connectivity index (χ2n) is 2.63. The lowest BCUT2D eigenvalue weighted by Gasteiger charge is -2.06. The maximum absolute atomic E-state index is 11.0. The third-order valence-corrected chi connectivity index (χ3v) is 1.80. The molecule has 0 radical (unpaired) electrons. The predicted molar refractivity (Wildman–Crippen MR) is 50.9 cm³/mol. The summed E-state index contributed by atoms with van der Waals surface area (Å²) in [6.07, 6.45) is 0. The van der Waals surface area contributed by atoms with Crippen molar-refractivity contribution in [2.24, 2.45) is 0 Å². The standard InChI is InChI=1S/C9H9NO5/c1-14-7-4-3-6(5-8(7)15-2)9(11)10(12)13/h3-5H,1-2H3. The number of hydrogen-bond acceptors (Lipinski definition) is 5. The Hall–Kier alpha value is -2.11. The summed E-state index contributed by atoms with van der Waals surface area (Å²) < 4.78 is 9.83. The summed E-state index contributed by atoms with van der Waals surface area (Å²) in [7, 11) is 2.82. The molecule has 1 rings (SSSR count). The van der Waals surface area contributed by atoms with Gasteiger partial charge in [0.25, 0.3) is 0 Å². The first-order valence-corrected chi connectivity index (χ1v) is 4.01. The fraction of sp³-hybridized carbons (Fsp3) is 0.222. The zero-order valence-electron chi connectivity index (χ0n) is 8.22. The second kappa shape index (κ2) is 4.41. The minimum Gasteiger partial charge on any atom is -0.493 e. The molecule has 0 bridgehead atoms. The van der Waals surface area contributed by atoms with E-state index in [4.69, 9.17) is 9.47 Å². The Morgan fingerprint density at radius 3 is 2.33 bits per heavy atom. The van der Waals surface area contributed by atoms with E-state index in [0.717, 1.165) is 0 Å². The number of hydrogen-bond donors (Lipinski definition) is 0. The average Bonchev–Trinajstić information content (AvgIpc) is 2.26. The average molecular weight is 211 g/mol. The molecule has 80 valence electrons. The van der Waals surface area contributed by atoms with E-state index in [9.17, 15) is 14.9 Å². The molecule has 0 saturated carbocycles. The van der Waals surface area contributed by atoms with E-state index in [1.54, 1.807) is 0 Å². The highest BCUT2D eigenvalue weighted by molar-refractivity contribution is 5.88.